The molecule has 1 aromatic heterocycles. The number of rotatable bonds is 7. The molecule has 1 aromatic rings. The number of pyridine rings is 1. The third-order valence-electron chi connectivity index (χ3n) is 3.14. The number of hydrogen-bond donors (Lipinski definition) is 2. The number of nitrogens with zero attached hydrogens (tertiary/aromatic N) is 1. The quantitative estimate of drug-likeness (QED) is 0.808. The summed E-state index contributed by atoms with van der Waals surface area (Å²) in [5, 5.41) is 11.9. The van der Waals surface area contributed by atoms with Crippen LogP contribution in [0, 0.1) is 11.3 Å². The van der Waals surface area contributed by atoms with E-state index >= 15 is 0 Å². The molecule has 0 spiro atoms. The van der Waals surface area contributed by atoms with Gasteiger partial charge in [-0.05, 0) is 36.0 Å². The molecular weight excluding hydrogens is 268 g/mol. The molecule has 5 heteroatoms. The molecule has 0 aliphatic carbocycles. The average Bonchev–Trinajstić information content (AvgIpc) is 2.41. The number of carboxylic acids is 1. The lowest BCUT2D eigenvalue weighted by atomic mass is 9.84. The maximum atomic E-state index is 11.8. The number of nitrogens with one attached hydrogen (secondary N) is 1. The molecule has 21 heavy (non-hydrogen) atoms. The van der Waals surface area contributed by atoms with Gasteiger partial charge in [0.15, 0.2) is 0 Å². The van der Waals surface area contributed by atoms with Crippen LogP contribution in [-0.4, -0.2) is 28.5 Å². The normalized spacial score (nSPS) is 12.7. The zero-order chi connectivity index (χ0) is 15.9. The van der Waals surface area contributed by atoms with E-state index in [0.29, 0.717) is 19.3 Å². The highest BCUT2D eigenvalue weighted by Crippen LogP contribution is 2.24. The summed E-state index contributed by atoms with van der Waals surface area (Å²) < 4.78 is 0. The van der Waals surface area contributed by atoms with Gasteiger partial charge in [-0.25, -0.2) is 0 Å². The van der Waals surface area contributed by atoms with Gasteiger partial charge in [0.25, 0.3) is 0 Å². The highest BCUT2D eigenvalue weighted by Gasteiger charge is 2.24. The van der Waals surface area contributed by atoms with E-state index in [9.17, 15) is 14.7 Å². The largest absolute Gasteiger partial charge is 0.481 e. The third kappa shape index (κ3) is 7.44. The number of hydrogen-bond acceptors (Lipinski definition) is 3. The van der Waals surface area contributed by atoms with Crippen LogP contribution in [0.1, 0.15) is 39.2 Å². The summed E-state index contributed by atoms with van der Waals surface area (Å²) in [7, 11) is 0. The van der Waals surface area contributed by atoms with E-state index in [-0.39, 0.29) is 17.9 Å². The number of carboxylic acid groups (broad SMARTS) is 1. The van der Waals surface area contributed by atoms with Crippen LogP contribution in [0.15, 0.2) is 24.5 Å². The molecule has 0 aliphatic heterocycles. The van der Waals surface area contributed by atoms with Gasteiger partial charge < -0.3 is 10.4 Å². The van der Waals surface area contributed by atoms with Crippen molar-refractivity contribution in [3.8, 4) is 0 Å². The zero-order valence-electron chi connectivity index (χ0n) is 12.9. The van der Waals surface area contributed by atoms with Crippen LogP contribution in [0.25, 0.3) is 0 Å². The summed E-state index contributed by atoms with van der Waals surface area (Å²) in [6, 6.07) is 3.74. The van der Waals surface area contributed by atoms with Gasteiger partial charge in [0.05, 0.1) is 5.92 Å². The van der Waals surface area contributed by atoms with Crippen molar-refractivity contribution in [3.63, 3.8) is 0 Å². The van der Waals surface area contributed by atoms with E-state index in [0.717, 1.165) is 5.56 Å². The molecule has 1 heterocycles. The number of carbonyl (C=O) groups is 2. The predicted octanol–water partition coefficient (Wildman–Crippen LogP) is 2.27. The van der Waals surface area contributed by atoms with E-state index in [2.05, 4.69) is 10.3 Å². The second kappa shape index (κ2) is 7.76. The summed E-state index contributed by atoms with van der Waals surface area (Å²) in [6.07, 6.45) is 4.90. The minimum absolute atomic E-state index is 0.0785. The Kier molecular flexibility index (Phi) is 6.34. The number of aliphatic carboxylic acids is 1. The molecule has 0 fully saturated rings. The topological polar surface area (TPSA) is 79.3 Å². The van der Waals surface area contributed by atoms with Gasteiger partial charge in [-0.2, -0.15) is 0 Å². The van der Waals surface area contributed by atoms with Crippen molar-refractivity contribution >= 4 is 11.9 Å². The fourth-order valence-electron chi connectivity index (χ4n) is 2.12. The monoisotopic (exact) mass is 292 g/mol. The van der Waals surface area contributed by atoms with E-state index in [1.165, 1.54) is 0 Å². The molecule has 0 bridgehead atoms. The Bertz CT molecular complexity index is 466. The molecule has 0 aliphatic rings. The van der Waals surface area contributed by atoms with E-state index in [4.69, 9.17) is 0 Å². The minimum atomic E-state index is -0.862. The lowest BCUT2D eigenvalue weighted by molar-refractivity contribution is -0.142. The number of aromatic nitrogens is 1. The smallest absolute Gasteiger partial charge is 0.308 e. The molecule has 0 saturated heterocycles. The summed E-state index contributed by atoms with van der Waals surface area (Å²) in [5.74, 6) is -1.53. The van der Waals surface area contributed by atoms with Crippen LogP contribution >= 0.6 is 0 Å². The Morgan fingerprint density at radius 3 is 2.43 bits per heavy atom. The van der Waals surface area contributed by atoms with Crippen molar-refractivity contribution in [1.82, 2.24) is 10.3 Å². The molecule has 5 nitrogen and oxygen atoms in total. The van der Waals surface area contributed by atoms with Gasteiger partial charge in [-0.3, -0.25) is 14.6 Å². The van der Waals surface area contributed by atoms with Gasteiger partial charge in [0.1, 0.15) is 0 Å². The first-order chi connectivity index (χ1) is 9.78. The van der Waals surface area contributed by atoms with Crippen molar-refractivity contribution < 1.29 is 14.7 Å². The summed E-state index contributed by atoms with van der Waals surface area (Å²) in [4.78, 5) is 26.9. The van der Waals surface area contributed by atoms with Crippen molar-refractivity contribution in [1.29, 1.82) is 0 Å². The highest BCUT2D eigenvalue weighted by atomic mass is 16.4. The van der Waals surface area contributed by atoms with E-state index in [1.807, 2.05) is 32.9 Å². The first-order valence-corrected chi connectivity index (χ1v) is 7.16. The van der Waals surface area contributed by atoms with Crippen LogP contribution < -0.4 is 5.32 Å². The molecule has 1 amide bonds. The van der Waals surface area contributed by atoms with Gasteiger partial charge >= 0.3 is 5.97 Å². The second-order valence-corrected chi connectivity index (χ2v) is 6.46. The number of carbonyl (C=O) groups excluding carboxylic acids is 1. The Morgan fingerprint density at radius 1 is 1.29 bits per heavy atom. The fourth-order valence-corrected chi connectivity index (χ4v) is 2.12. The Labute approximate surface area is 125 Å². The van der Waals surface area contributed by atoms with Crippen LogP contribution in [0.2, 0.25) is 0 Å². The standard InChI is InChI=1S/C16H24N2O3/c1-16(2,3)10-13(15(20)21)11-18-14(19)5-4-12-6-8-17-9-7-12/h6-9,13H,4-5,10-11H2,1-3H3,(H,18,19)(H,20,21). The van der Waals surface area contributed by atoms with E-state index < -0.39 is 11.9 Å². The highest BCUT2D eigenvalue weighted by molar-refractivity contribution is 5.77. The lowest BCUT2D eigenvalue weighted by Gasteiger charge is -2.23. The molecule has 0 radical (unpaired) electrons. The molecule has 116 valence electrons. The molecule has 0 saturated carbocycles. The second-order valence-electron chi connectivity index (χ2n) is 6.46. The predicted molar refractivity (Wildman–Crippen MR) is 80.8 cm³/mol. The number of aryl methyl sites for hydroxylation is 1. The van der Waals surface area contributed by atoms with Gasteiger partial charge in [-0.1, -0.05) is 20.8 Å². The first kappa shape index (κ1) is 17.1. The average molecular weight is 292 g/mol. The Balaban J connectivity index is 2.38. The SMILES string of the molecule is CC(C)(C)CC(CNC(=O)CCc1ccncc1)C(=O)O. The summed E-state index contributed by atoms with van der Waals surface area (Å²) in [6.45, 7) is 6.17. The summed E-state index contributed by atoms with van der Waals surface area (Å²) >= 11 is 0. The van der Waals surface area contributed by atoms with Gasteiger partial charge in [0.2, 0.25) is 5.91 Å². The van der Waals surface area contributed by atoms with Crippen LogP contribution in [0.5, 0.6) is 0 Å². The Hall–Kier alpha value is -1.91. The zero-order valence-corrected chi connectivity index (χ0v) is 12.9. The first-order valence-electron chi connectivity index (χ1n) is 7.16. The molecule has 1 rings (SSSR count). The van der Waals surface area contributed by atoms with Crippen LogP contribution in [-0.2, 0) is 16.0 Å². The Morgan fingerprint density at radius 2 is 1.90 bits per heavy atom. The number of amides is 1. The lowest BCUT2D eigenvalue weighted by Crippen LogP contribution is -2.35. The molecular formula is C16H24N2O3. The van der Waals surface area contributed by atoms with Crippen LogP contribution in [0.4, 0.5) is 0 Å². The molecule has 1 atom stereocenters. The van der Waals surface area contributed by atoms with Crippen molar-refractivity contribution in [2.45, 2.75) is 40.0 Å². The molecule has 0 aromatic carbocycles. The van der Waals surface area contributed by atoms with Gasteiger partial charge in [-0.15, -0.1) is 0 Å². The van der Waals surface area contributed by atoms with Crippen molar-refractivity contribution in [2.24, 2.45) is 11.3 Å². The summed E-state index contributed by atoms with van der Waals surface area (Å²) in [5.41, 5.74) is 0.967. The van der Waals surface area contributed by atoms with Crippen LogP contribution in [0.3, 0.4) is 0 Å². The molecule has 2 N–H and O–H groups in total. The van der Waals surface area contributed by atoms with Gasteiger partial charge in [0, 0.05) is 25.4 Å². The minimum Gasteiger partial charge on any atom is -0.481 e. The fraction of sp³-hybridized carbons (Fsp3) is 0.562. The third-order valence-corrected chi connectivity index (χ3v) is 3.14. The molecule has 1 unspecified atom stereocenters. The maximum absolute atomic E-state index is 11.8. The van der Waals surface area contributed by atoms with Crippen molar-refractivity contribution in [3.05, 3.63) is 30.1 Å². The van der Waals surface area contributed by atoms with Crippen molar-refractivity contribution in [2.75, 3.05) is 6.54 Å². The maximum Gasteiger partial charge on any atom is 0.308 e. The van der Waals surface area contributed by atoms with E-state index in [1.54, 1.807) is 12.4 Å².